The first-order valence-corrected chi connectivity index (χ1v) is 4.68. The molecule has 16 heavy (non-hydrogen) atoms. The fraction of sp³-hybridized carbons (Fsp3) is 0.250. The van der Waals surface area contributed by atoms with E-state index in [9.17, 15) is 13.6 Å². The third-order valence-electron chi connectivity index (χ3n) is 1.93. The Hall–Kier alpha value is -1.71. The van der Waals surface area contributed by atoms with Gasteiger partial charge in [0.25, 0.3) is 0 Å². The first-order valence-electron chi connectivity index (χ1n) is 4.68. The fourth-order valence-corrected chi connectivity index (χ4v) is 1.23. The Balaban J connectivity index is 3.27. The van der Waals surface area contributed by atoms with Crippen LogP contribution in [0.2, 0.25) is 0 Å². The quantitative estimate of drug-likeness (QED) is 0.584. The summed E-state index contributed by atoms with van der Waals surface area (Å²) in [6.45, 7) is 3.48. The maximum Gasteiger partial charge on any atom is 0.189 e. The molecule has 0 atom stereocenters. The number of halogens is 2. The van der Waals surface area contributed by atoms with Crippen LogP contribution < -0.4 is 4.74 Å². The summed E-state index contributed by atoms with van der Waals surface area (Å²) in [6.07, 6.45) is 1.34. The van der Waals surface area contributed by atoms with Crippen molar-refractivity contribution in [1.82, 2.24) is 0 Å². The number of allylic oxidation sites excluding steroid dienone is 2. The van der Waals surface area contributed by atoms with E-state index in [0.717, 1.165) is 17.7 Å². The van der Waals surface area contributed by atoms with Gasteiger partial charge in [-0.2, -0.15) is 0 Å². The lowest BCUT2D eigenvalue weighted by atomic mass is 10.1. The Labute approximate surface area is 92.5 Å². The van der Waals surface area contributed by atoms with E-state index in [2.05, 4.69) is 0 Å². The number of carbonyl (C=O) groups is 1. The summed E-state index contributed by atoms with van der Waals surface area (Å²) in [6, 6.07) is 1.71. The Bertz CT molecular complexity index is 447. The van der Waals surface area contributed by atoms with E-state index in [0.29, 0.717) is 0 Å². The number of hydrogen-bond donors (Lipinski definition) is 0. The van der Waals surface area contributed by atoms with E-state index in [1.807, 2.05) is 0 Å². The summed E-state index contributed by atoms with van der Waals surface area (Å²) in [7, 11) is 1.30. The molecule has 0 amide bonds. The lowest BCUT2D eigenvalue weighted by Crippen LogP contribution is -2.02. The Morgan fingerprint density at radius 2 is 1.81 bits per heavy atom. The number of benzene rings is 1. The molecule has 0 fully saturated rings. The molecule has 0 bridgehead atoms. The van der Waals surface area contributed by atoms with Gasteiger partial charge in [0.2, 0.25) is 0 Å². The van der Waals surface area contributed by atoms with Crippen LogP contribution in [0, 0.1) is 11.6 Å². The second-order valence-corrected chi connectivity index (χ2v) is 3.55. The molecule has 0 heterocycles. The number of methoxy groups -OCH3 is 1. The normalized spacial score (nSPS) is 9.81. The SMILES string of the molecule is COc1cc(F)c(F)cc1C(=O)C=C(C)C. The highest BCUT2D eigenvalue weighted by Crippen LogP contribution is 2.23. The first kappa shape index (κ1) is 12.4. The summed E-state index contributed by atoms with van der Waals surface area (Å²) < 4.78 is 30.7. The molecular weight excluding hydrogens is 214 g/mol. The van der Waals surface area contributed by atoms with Gasteiger partial charge in [-0.1, -0.05) is 5.57 Å². The molecule has 86 valence electrons. The van der Waals surface area contributed by atoms with Crippen LogP contribution >= 0.6 is 0 Å². The predicted molar refractivity (Wildman–Crippen MR) is 56.7 cm³/mol. The summed E-state index contributed by atoms with van der Waals surface area (Å²) in [5.74, 6) is -2.48. The summed E-state index contributed by atoms with van der Waals surface area (Å²) in [5, 5.41) is 0. The van der Waals surface area contributed by atoms with Gasteiger partial charge in [-0.05, 0) is 26.0 Å². The van der Waals surface area contributed by atoms with Crippen LogP contribution in [0.4, 0.5) is 8.78 Å². The van der Waals surface area contributed by atoms with Gasteiger partial charge >= 0.3 is 0 Å². The Kier molecular flexibility index (Phi) is 3.77. The molecule has 0 aliphatic rings. The minimum absolute atomic E-state index is 0.0163. The molecule has 0 radical (unpaired) electrons. The average Bonchev–Trinajstić information content (AvgIpc) is 2.20. The van der Waals surface area contributed by atoms with Crippen molar-refractivity contribution in [3.8, 4) is 5.75 Å². The molecule has 0 aliphatic carbocycles. The van der Waals surface area contributed by atoms with Gasteiger partial charge in [0.1, 0.15) is 5.75 Å². The van der Waals surface area contributed by atoms with Crippen LogP contribution in [0.25, 0.3) is 0 Å². The van der Waals surface area contributed by atoms with E-state index >= 15 is 0 Å². The van der Waals surface area contributed by atoms with Crippen LogP contribution in [0.15, 0.2) is 23.8 Å². The molecule has 0 saturated heterocycles. The topological polar surface area (TPSA) is 26.3 Å². The Morgan fingerprint density at radius 3 is 2.31 bits per heavy atom. The highest BCUT2D eigenvalue weighted by molar-refractivity contribution is 6.06. The second-order valence-electron chi connectivity index (χ2n) is 3.55. The molecule has 1 aromatic rings. The lowest BCUT2D eigenvalue weighted by Gasteiger charge is -2.06. The van der Waals surface area contributed by atoms with Gasteiger partial charge in [0, 0.05) is 6.07 Å². The van der Waals surface area contributed by atoms with Gasteiger partial charge in [0.05, 0.1) is 12.7 Å². The van der Waals surface area contributed by atoms with Crippen LogP contribution in [0.3, 0.4) is 0 Å². The monoisotopic (exact) mass is 226 g/mol. The third-order valence-corrected chi connectivity index (χ3v) is 1.93. The largest absolute Gasteiger partial charge is 0.496 e. The number of ketones is 1. The highest BCUT2D eigenvalue weighted by Gasteiger charge is 2.14. The van der Waals surface area contributed by atoms with E-state index in [4.69, 9.17) is 4.74 Å². The van der Waals surface area contributed by atoms with Gasteiger partial charge in [0.15, 0.2) is 17.4 Å². The molecule has 0 saturated carbocycles. The van der Waals surface area contributed by atoms with E-state index in [1.54, 1.807) is 13.8 Å². The molecule has 4 heteroatoms. The summed E-state index contributed by atoms with van der Waals surface area (Å²) in [4.78, 5) is 11.7. The molecule has 0 N–H and O–H groups in total. The maximum atomic E-state index is 13.0. The van der Waals surface area contributed by atoms with E-state index in [-0.39, 0.29) is 11.3 Å². The van der Waals surface area contributed by atoms with Crippen molar-refractivity contribution in [1.29, 1.82) is 0 Å². The minimum Gasteiger partial charge on any atom is -0.496 e. The summed E-state index contributed by atoms with van der Waals surface area (Å²) >= 11 is 0. The Morgan fingerprint density at radius 1 is 1.25 bits per heavy atom. The van der Waals surface area contributed by atoms with Gasteiger partial charge < -0.3 is 4.74 Å². The average molecular weight is 226 g/mol. The molecule has 0 spiro atoms. The fourth-order valence-electron chi connectivity index (χ4n) is 1.23. The highest BCUT2D eigenvalue weighted by atomic mass is 19.2. The standard InChI is InChI=1S/C12H12F2O2/c1-7(2)4-11(15)8-5-9(13)10(14)6-12(8)16-3/h4-6H,1-3H3. The molecule has 1 rings (SSSR count). The van der Waals surface area contributed by atoms with E-state index in [1.165, 1.54) is 13.2 Å². The zero-order valence-corrected chi connectivity index (χ0v) is 9.30. The zero-order chi connectivity index (χ0) is 12.3. The van der Waals surface area contributed by atoms with Gasteiger partial charge in [-0.25, -0.2) is 8.78 Å². The zero-order valence-electron chi connectivity index (χ0n) is 9.30. The molecule has 0 unspecified atom stereocenters. The number of hydrogen-bond acceptors (Lipinski definition) is 2. The molecular formula is C12H12F2O2. The molecule has 1 aromatic carbocycles. The van der Waals surface area contributed by atoms with Crippen LogP contribution in [0.5, 0.6) is 5.75 Å². The van der Waals surface area contributed by atoms with Crippen molar-refractivity contribution in [3.63, 3.8) is 0 Å². The van der Waals surface area contributed by atoms with Gasteiger partial charge in [-0.15, -0.1) is 0 Å². The third kappa shape index (κ3) is 2.66. The molecule has 2 nitrogen and oxygen atoms in total. The first-order chi connectivity index (χ1) is 7.45. The van der Waals surface area contributed by atoms with Crippen molar-refractivity contribution in [2.75, 3.05) is 7.11 Å². The molecule has 0 aliphatic heterocycles. The van der Waals surface area contributed by atoms with Crippen molar-refractivity contribution in [3.05, 3.63) is 41.0 Å². The number of ether oxygens (including phenoxy) is 1. The van der Waals surface area contributed by atoms with Gasteiger partial charge in [-0.3, -0.25) is 4.79 Å². The van der Waals surface area contributed by atoms with Crippen molar-refractivity contribution < 1.29 is 18.3 Å². The van der Waals surface area contributed by atoms with Crippen molar-refractivity contribution >= 4 is 5.78 Å². The second kappa shape index (κ2) is 4.88. The summed E-state index contributed by atoms with van der Waals surface area (Å²) in [5.41, 5.74) is 0.791. The number of carbonyl (C=O) groups excluding carboxylic acids is 1. The predicted octanol–water partition coefficient (Wildman–Crippen LogP) is 3.12. The van der Waals surface area contributed by atoms with Crippen LogP contribution in [0.1, 0.15) is 24.2 Å². The molecule has 0 aromatic heterocycles. The maximum absolute atomic E-state index is 13.0. The van der Waals surface area contributed by atoms with Crippen molar-refractivity contribution in [2.45, 2.75) is 13.8 Å². The smallest absolute Gasteiger partial charge is 0.189 e. The lowest BCUT2D eigenvalue weighted by molar-refractivity contribution is 0.104. The number of rotatable bonds is 3. The van der Waals surface area contributed by atoms with E-state index < -0.39 is 17.4 Å². The van der Waals surface area contributed by atoms with Crippen LogP contribution in [-0.4, -0.2) is 12.9 Å². The minimum atomic E-state index is -1.06. The van der Waals surface area contributed by atoms with Crippen LogP contribution in [-0.2, 0) is 0 Å². The van der Waals surface area contributed by atoms with Crippen molar-refractivity contribution in [2.24, 2.45) is 0 Å².